The number of hydrogen-bond donors (Lipinski definition) is 2. The van der Waals surface area contributed by atoms with E-state index in [9.17, 15) is 4.79 Å². The third-order valence-electron chi connectivity index (χ3n) is 3.65. The van der Waals surface area contributed by atoms with Crippen molar-refractivity contribution in [2.75, 3.05) is 31.6 Å². The van der Waals surface area contributed by atoms with Crippen molar-refractivity contribution in [3.63, 3.8) is 0 Å². The molecule has 2 aromatic rings. The number of hydrogen-bond acceptors (Lipinski definition) is 6. The monoisotopic (exact) mass is 335 g/mol. The van der Waals surface area contributed by atoms with E-state index in [1.54, 1.807) is 6.20 Å². The Balaban J connectivity index is 1.58. The van der Waals surface area contributed by atoms with E-state index in [0.717, 1.165) is 44.4 Å². The van der Waals surface area contributed by atoms with E-state index in [-0.39, 0.29) is 11.8 Å². The predicted octanol–water partition coefficient (Wildman–Crippen LogP) is 2.07. The lowest BCUT2D eigenvalue weighted by Crippen LogP contribution is -2.35. The quantitative estimate of drug-likeness (QED) is 0.874. The van der Waals surface area contributed by atoms with Crippen molar-refractivity contribution in [1.29, 1.82) is 0 Å². The van der Waals surface area contributed by atoms with E-state index >= 15 is 0 Å². The van der Waals surface area contributed by atoms with Crippen LogP contribution in [0.2, 0.25) is 0 Å². The van der Waals surface area contributed by atoms with Gasteiger partial charge in [-0.15, -0.1) is 11.3 Å². The maximum atomic E-state index is 12.2. The molecule has 23 heavy (non-hydrogen) atoms. The zero-order valence-corrected chi connectivity index (χ0v) is 14.2. The molecule has 1 aliphatic heterocycles. The summed E-state index contributed by atoms with van der Waals surface area (Å²) in [6, 6.07) is 0. The first-order valence-corrected chi connectivity index (χ1v) is 8.60. The molecule has 1 saturated heterocycles. The normalized spacial score (nSPS) is 16.0. The molecule has 3 rings (SSSR count). The van der Waals surface area contributed by atoms with Gasteiger partial charge in [-0.3, -0.25) is 15.0 Å². The molecule has 0 aromatic carbocycles. The minimum atomic E-state index is -0.211. The zero-order valence-electron chi connectivity index (χ0n) is 13.3. The fourth-order valence-corrected chi connectivity index (χ4v) is 3.03. The molecule has 124 valence electrons. The van der Waals surface area contributed by atoms with Gasteiger partial charge >= 0.3 is 0 Å². The molecule has 0 radical (unpaired) electrons. The van der Waals surface area contributed by atoms with E-state index in [1.165, 1.54) is 11.3 Å². The van der Waals surface area contributed by atoms with Gasteiger partial charge in [-0.25, -0.2) is 9.97 Å². The fourth-order valence-electron chi connectivity index (χ4n) is 2.34. The number of nitrogens with one attached hydrogen (secondary N) is 2. The van der Waals surface area contributed by atoms with Crippen LogP contribution in [0.1, 0.15) is 41.8 Å². The first-order chi connectivity index (χ1) is 11.1. The van der Waals surface area contributed by atoms with Gasteiger partial charge in [0.1, 0.15) is 11.5 Å². The summed E-state index contributed by atoms with van der Waals surface area (Å²) in [6.45, 7) is 8.23. The Hall–Kier alpha value is -1.77. The van der Waals surface area contributed by atoms with Crippen LogP contribution >= 0.6 is 11.3 Å². The number of carbonyl (C=O) groups is 1. The Morgan fingerprint density at radius 3 is 2.96 bits per heavy atom. The minimum absolute atomic E-state index is 0.211. The molecule has 2 N–H and O–H groups in total. The largest absolute Gasteiger partial charge is 0.379 e. The zero-order chi connectivity index (χ0) is 16.2. The maximum absolute atomic E-state index is 12.2. The molecule has 0 atom stereocenters. The van der Waals surface area contributed by atoms with Crippen LogP contribution in [0.3, 0.4) is 0 Å². The van der Waals surface area contributed by atoms with Gasteiger partial charge in [0.05, 0.1) is 25.1 Å². The molecular weight excluding hydrogens is 314 g/mol. The number of thiazole rings is 1. The molecule has 1 amide bonds. The van der Waals surface area contributed by atoms with Crippen LogP contribution in [0.4, 0.5) is 5.13 Å². The molecule has 7 nitrogen and oxygen atoms in total. The SMILES string of the molecule is CC(C)c1ncc(C(=O)Nc2nc(CN3CCOCC3)cs2)[nH]1. The van der Waals surface area contributed by atoms with Gasteiger partial charge in [0.15, 0.2) is 5.13 Å². The van der Waals surface area contributed by atoms with Crippen molar-refractivity contribution in [3.05, 3.63) is 28.8 Å². The highest BCUT2D eigenvalue weighted by Gasteiger charge is 2.15. The highest BCUT2D eigenvalue weighted by Crippen LogP contribution is 2.18. The molecule has 0 spiro atoms. The molecule has 3 heterocycles. The Labute approximate surface area is 139 Å². The number of rotatable bonds is 5. The fraction of sp³-hybridized carbons (Fsp3) is 0.533. The number of H-pyrrole nitrogens is 1. The number of aromatic amines is 1. The molecule has 0 aliphatic carbocycles. The van der Waals surface area contributed by atoms with E-state index in [0.29, 0.717) is 10.8 Å². The second-order valence-corrected chi connectivity index (χ2v) is 6.68. The summed E-state index contributed by atoms with van der Waals surface area (Å²) < 4.78 is 5.34. The van der Waals surface area contributed by atoms with Gasteiger partial charge in [0.25, 0.3) is 5.91 Å². The number of anilines is 1. The third kappa shape index (κ3) is 4.15. The van der Waals surface area contributed by atoms with Gasteiger partial charge in [-0.1, -0.05) is 13.8 Å². The molecule has 2 aromatic heterocycles. The third-order valence-corrected chi connectivity index (χ3v) is 4.46. The molecule has 1 fully saturated rings. The number of nitrogens with zero attached hydrogens (tertiary/aromatic N) is 3. The Morgan fingerprint density at radius 1 is 1.48 bits per heavy atom. The second-order valence-electron chi connectivity index (χ2n) is 5.82. The summed E-state index contributed by atoms with van der Waals surface area (Å²) in [5.74, 6) is 0.857. The molecule has 8 heteroatoms. The Kier molecular flexibility index (Phi) is 5.04. The highest BCUT2D eigenvalue weighted by molar-refractivity contribution is 7.13. The van der Waals surface area contributed by atoms with Crippen LogP contribution in [0.25, 0.3) is 0 Å². The van der Waals surface area contributed by atoms with Crippen molar-refractivity contribution < 1.29 is 9.53 Å². The lowest BCUT2D eigenvalue weighted by Gasteiger charge is -2.25. The van der Waals surface area contributed by atoms with Crippen LogP contribution in [0.5, 0.6) is 0 Å². The predicted molar refractivity (Wildman–Crippen MR) is 88.8 cm³/mol. The Morgan fingerprint density at radius 2 is 2.26 bits per heavy atom. The summed E-state index contributed by atoms with van der Waals surface area (Å²) in [7, 11) is 0. The number of morpholine rings is 1. The van der Waals surface area contributed by atoms with E-state index in [4.69, 9.17) is 4.74 Å². The summed E-state index contributed by atoms with van der Waals surface area (Å²) in [6.07, 6.45) is 1.56. The van der Waals surface area contributed by atoms with Crippen molar-refractivity contribution >= 4 is 22.4 Å². The summed E-state index contributed by atoms with van der Waals surface area (Å²) in [5.41, 5.74) is 1.43. The molecule has 1 aliphatic rings. The maximum Gasteiger partial charge on any atom is 0.275 e. The number of imidazole rings is 1. The number of aromatic nitrogens is 3. The molecule has 0 unspecified atom stereocenters. The van der Waals surface area contributed by atoms with E-state index < -0.39 is 0 Å². The van der Waals surface area contributed by atoms with Crippen molar-refractivity contribution in [2.45, 2.75) is 26.3 Å². The van der Waals surface area contributed by atoms with Crippen molar-refractivity contribution in [3.8, 4) is 0 Å². The Bertz CT molecular complexity index is 660. The van der Waals surface area contributed by atoms with Gasteiger partial charge in [-0.05, 0) is 0 Å². The smallest absolute Gasteiger partial charge is 0.275 e. The van der Waals surface area contributed by atoms with Gasteiger partial charge < -0.3 is 9.72 Å². The number of ether oxygens (including phenoxy) is 1. The van der Waals surface area contributed by atoms with E-state index in [1.807, 2.05) is 19.2 Å². The lowest BCUT2D eigenvalue weighted by atomic mass is 10.2. The van der Waals surface area contributed by atoms with Crippen LogP contribution in [0, 0.1) is 0 Å². The molecule has 0 bridgehead atoms. The van der Waals surface area contributed by atoms with Crippen molar-refractivity contribution in [1.82, 2.24) is 19.9 Å². The summed E-state index contributed by atoms with van der Waals surface area (Å²) in [4.78, 5) is 26.2. The van der Waals surface area contributed by atoms with Crippen LogP contribution in [-0.4, -0.2) is 52.1 Å². The van der Waals surface area contributed by atoms with Gasteiger partial charge in [0, 0.05) is 30.9 Å². The standard InChI is InChI=1S/C15H21N5O2S/c1-10(2)13-16-7-12(18-13)14(21)19-15-17-11(9-23-15)8-20-3-5-22-6-4-20/h7,9-10H,3-6,8H2,1-2H3,(H,16,18)(H,17,19,21). The average Bonchev–Trinajstić information content (AvgIpc) is 3.18. The van der Waals surface area contributed by atoms with Crippen LogP contribution < -0.4 is 5.32 Å². The topological polar surface area (TPSA) is 83.1 Å². The van der Waals surface area contributed by atoms with Gasteiger partial charge in [-0.2, -0.15) is 0 Å². The van der Waals surface area contributed by atoms with Crippen LogP contribution in [-0.2, 0) is 11.3 Å². The lowest BCUT2D eigenvalue weighted by molar-refractivity contribution is 0.0337. The molecule has 0 saturated carbocycles. The summed E-state index contributed by atoms with van der Waals surface area (Å²) >= 11 is 1.44. The van der Waals surface area contributed by atoms with Crippen molar-refractivity contribution in [2.24, 2.45) is 0 Å². The van der Waals surface area contributed by atoms with Gasteiger partial charge in [0.2, 0.25) is 0 Å². The summed E-state index contributed by atoms with van der Waals surface area (Å²) in [5, 5.41) is 5.42. The first-order valence-electron chi connectivity index (χ1n) is 7.72. The minimum Gasteiger partial charge on any atom is -0.379 e. The highest BCUT2D eigenvalue weighted by atomic mass is 32.1. The second kappa shape index (κ2) is 7.20. The molecular formula is C15H21N5O2S. The van der Waals surface area contributed by atoms with Crippen LogP contribution in [0.15, 0.2) is 11.6 Å². The average molecular weight is 335 g/mol. The number of carbonyl (C=O) groups excluding carboxylic acids is 1. The number of amides is 1. The first kappa shape index (κ1) is 16.1. The van der Waals surface area contributed by atoms with E-state index in [2.05, 4.69) is 25.2 Å².